The zero-order chi connectivity index (χ0) is 29.0. The van der Waals surface area contributed by atoms with Crippen LogP contribution in [0.5, 0.6) is 5.88 Å². The summed E-state index contributed by atoms with van der Waals surface area (Å²) in [6.45, 7) is 5.83. The smallest absolute Gasteiger partial charge is 0.420 e. The number of aromatic nitrogens is 5. The summed E-state index contributed by atoms with van der Waals surface area (Å²) in [6.07, 6.45) is 7.60. The number of benzene rings is 1. The number of pyridine rings is 2. The van der Waals surface area contributed by atoms with Crippen molar-refractivity contribution >= 4 is 28.9 Å². The van der Waals surface area contributed by atoms with Crippen molar-refractivity contribution in [3.63, 3.8) is 0 Å². The van der Waals surface area contributed by atoms with E-state index < -0.39 is 23.5 Å². The zero-order valence-corrected chi connectivity index (χ0v) is 21.9. The molecule has 204 valence electrons. The third-order valence-electron chi connectivity index (χ3n) is 5.68. The first kappa shape index (κ1) is 28.1. The first-order valence-corrected chi connectivity index (χ1v) is 11.9. The van der Waals surface area contributed by atoms with Gasteiger partial charge in [0.15, 0.2) is 5.82 Å². The summed E-state index contributed by atoms with van der Waals surface area (Å²) in [5.41, 5.74) is 1.42. The molecule has 4 aromatic rings. The molecule has 13 heteroatoms. The molecule has 0 fully saturated rings. The topological polar surface area (TPSA) is 107 Å². The van der Waals surface area contributed by atoms with E-state index in [1.54, 1.807) is 19.1 Å². The van der Waals surface area contributed by atoms with Crippen molar-refractivity contribution in [1.29, 1.82) is 0 Å². The number of carbonyl (C=O) groups is 1. The number of alkyl halides is 3. The van der Waals surface area contributed by atoms with E-state index in [0.29, 0.717) is 34.5 Å². The molecule has 3 heterocycles. The Kier molecular flexibility index (Phi) is 8.06. The molecule has 0 spiro atoms. The average molecular weight is 568 g/mol. The lowest BCUT2D eigenvalue weighted by molar-refractivity contribution is -0.137. The fourth-order valence-corrected chi connectivity index (χ4v) is 4.17. The Morgan fingerprint density at radius 2 is 1.95 bits per heavy atom. The van der Waals surface area contributed by atoms with Crippen LogP contribution in [0.3, 0.4) is 0 Å². The highest BCUT2D eigenvalue weighted by molar-refractivity contribution is 6.35. The van der Waals surface area contributed by atoms with Crippen LogP contribution in [0.4, 0.5) is 24.5 Å². The summed E-state index contributed by atoms with van der Waals surface area (Å²) in [5.74, 6) is 1.61. The highest BCUT2D eigenvalue weighted by Crippen LogP contribution is 2.40. The van der Waals surface area contributed by atoms with Gasteiger partial charge >= 0.3 is 6.18 Å². The van der Waals surface area contributed by atoms with Crippen LogP contribution in [-0.4, -0.2) is 44.5 Å². The first-order chi connectivity index (χ1) is 19.1. The summed E-state index contributed by atoms with van der Waals surface area (Å²) >= 11 is 6.52. The number of halogens is 4. The number of rotatable bonds is 8. The first-order valence-electron chi connectivity index (χ1n) is 11.5. The van der Waals surface area contributed by atoms with Gasteiger partial charge < -0.3 is 15.4 Å². The van der Waals surface area contributed by atoms with Crippen LogP contribution in [-0.2, 0) is 6.18 Å². The lowest BCUT2D eigenvalue weighted by Crippen LogP contribution is -2.17. The van der Waals surface area contributed by atoms with Crippen molar-refractivity contribution in [2.24, 2.45) is 0 Å². The van der Waals surface area contributed by atoms with Crippen molar-refractivity contribution in [3.8, 4) is 35.2 Å². The van der Waals surface area contributed by atoms with E-state index in [1.165, 1.54) is 31.8 Å². The minimum atomic E-state index is -4.79. The average Bonchev–Trinajstić information content (AvgIpc) is 3.46. The molecule has 0 atom stereocenters. The molecule has 0 aliphatic heterocycles. The second kappa shape index (κ2) is 11.5. The number of hydrogen-bond donors (Lipinski definition) is 2. The number of methoxy groups -OCH3 is 1. The van der Waals surface area contributed by atoms with Gasteiger partial charge in [-0.1, -0.05) is 23.6 Å². The third-order valence-corrected chi connectivity index (χ3v) is 5.99. The lowest BCUT2D eigenvalue weighted by atomic mass is 9.94. The Labute approximate surface area is 232 Å². The fraction of sp³-hybridized carbons (Fsp3) is 0.148. The Bertz CT molecular complexity index is 1630. The van der Waals surface area contributed by atoms with Crippen LogP contribution in [0.15, 0.2) is 55.6 Å². The summed E-state index contributed by atoms with van der Waals surface area (Å²) in [5, 5.41) is 13.0. The predicted octanol–water partition coefficient (Wildman–Crippen LogP) is 5.55. The van der Waals surface area contributed by atoms with Gasteiger partial charge in [-0.15, -0.1) is 17.8 Å². The van der Waals surface area contributed by atoms with Crippen molar-refractivity contribution in [2.75, 3.05) is 24.3 Å². The van der Waals surface area contributed by atoms with E-state index in [0.717, 1.165) is 17.1 Å². The van der Waals surface area contributed by atoms with E-state index in [2.05, 4.69) is 43.3 Å². The summed E-state index contributed by atoms with van der Waals surface area (Å²) < 4.78 is 46.6. The van der Waals surface area contributed by atoms with E-state index >= 15 is 0 Å². The number of terminal acetylenes is 1. The SMILES string of the molecule is C#Cc1cnc(OC)c(NCC=C)c1-c1cc(Cl)c(C(=O)Nc2cnc(-n3nccn3)c(C(F)(F)F)c2)cc1C. The van der Waals surface area contributed by atoms with Crippen molar-refractivity contribution in [3.05, 3.63) is 82.9 Å². The molecule has 9 nitrogen and oxygen atoms in total. The molecule has 0 saturated heterocycles. The molecule has 4 rings (SSSR count). The number of anilines is 2. The maximum atomic E-state index is 13.7. The molecule has 3 aromatic heterocycles. The van der Waals surface area contributed by atoms with Crippen LogP contribution >= 0.6 is 11.6 Å². The second-order valence-electron chi connectivity index (χ2n) is 8.26. The van der Waals surface area contributed by atoms with Gasteiger partial charge in [0, 0.05) is 18.3 Å². The van der Waals surface area contributed by atoms with Gasteiger partial charge in [-0.25, -0.2) is 9.97 Å². The van der Waals surface area contributed by atoms with Gasteiger partial charge in [0.05, 0.1) is 47.5 Å². The van der Waals surface area contributed by atoms with E-state index in [-0.39, 0.29) is 22.2 Å². The number of nitrogens with zero attached hydrogens (tertiary/aromatic N) is 5. The molecular formula is C27H21ClF3N7O2. The van der Waals surface area contributed by atoms with Crippen molar-refractivity contribution in [1.82, 2.24) is 25.0 Å². The molecular weight excluding hydrogens is 547 g/mol. The standard InChI is InChI=1S/C27H21ClF3N7O2/c1-5-7-32-23-22(16(6-2)13-34-26(23)40-4)18-12-21(28)19(10-15(18)3)25(39)37-17-11-20(27(29,30)31)24(33-14-17)38-35-8-9-36-38/h2,5,8-14,32H,1,7H2,3-4H3,(H,37,39). The number of ether oxygens (including phenoxy) is 1. The summed E-state index contributed by atoms with van der Waals surface area (Å²) in [7, 11) is 1.46. The number of nitrogens with one attached hydrogen (secondary N) is 2. The molecule has 2 N–H and O–H groups in total. The normalized spacial score (nSPS) is 11.0. The van der Waals surface area contributed by atoms with Gasteiger partial charge in [-0.05, 0) is 36.2 Å². The van der Waals surface area contributed by atoms with Gasteiger partial charge in [-0.2, -0.15) is 23.4 Å². The van der Waals surface area contributed by atoms with Crippen LogP contribution in [0.25, 0.3) is 16.9 Å². The number of aryl methyl sites for hydroxylation is 1. The molecule has 40 heavy (non-hydrogen) atoms. The predicted molar refractivity (Wildman–Crippen MR) is 145 cm³/mol. The quantitative estimate of drug-likeness (QED) is 0.212. The Hall–Kier alpha value is -4.89. The number of hydrogen-bond acceptors (Lipinski definition) is 7. The second-order valence-corrected chi connectivity index (χ2v) is 8.66. The van der Waals surface area contributed by atoms with E-state index in [9.17, 15) is 18.0 Å². The van der Waals surface area contributed by atoms with Gasteiger partial charge in [0.2, 0.25) is 5.88 Å². The van der Waals surface area contributed by atoms with Gasteiger partial charge in [-0.3, -0.25) is 4.79 Å². The van der Waals surface area contributed by atoms with E-state index in [4.69, 9.17) is 22.8 Å². The zero-order valence-electron chi connectivity index (χ0n) is 21.2. The Morgan fingerprint density at radius 1 is 1.23 bits per heavy atom. The highest BCUT2D eigenvalue weighted by atomic mass is 35.5. The minimum absolute atomic E-state index is 0.0261. The largest absolute Gasteiger partial charge is 0.480 e. The third kappa shape index (κ3) is 5.60. The molecule has 0 bridgehead atoms. The number of amides is 1. The summed E-state index contributed by atoms with van der Waals surface area (Å²) in [6, 6.07) is 3.81. The van der Waals surface area contributed by atoms with E-state index in [1.807, 2.05) is 0 Å². The molecule has 0 radical (unpaired) electrons. The molecule has 1 aromatic carbocycles. The van der Waals surface area contributed by atoms with Crippen LogP contribution in [0, 0.1) is 19.3 Å². The maximum absolute atomic E-state index is 13.7. The molecule has 0 unspecified atom stereocenters. The lowest BCUT2D eigenvalue weighted by Gasteiger charge is -2.19. The van der Waals surface area contributed by atoms with Crippen LogP contribution in [0.2, 0.25) is 5.02 Å². The Morgan fingerprint density at radius 3 is 2.58 bits per heavy atom. The number of carbonyl (C=O) groups excluding carboxylic acids is 1. The highest BCUT2D eigenvalue weighted by Gasteiger charge is 2.36. The van der Waals surface area contributed by atoms with Crippen LogP contribution < -0.4 is 15.4 Å². The molecule has 1 amide bonds. The molecule has 0 aliphatic rings. The van der Waals surface area contributed by atoms with Crippen molar-refractivity contribution < 1.29 is 22.7 Å². The Balaban J connectivity index is 1.73. The minimum Gasteiger partial charge on any atom is -0.480 e. The molecule has 0 aliphatic carbocycles. The molecule has 0 saturated carbocycles. The van der Waals surface area contributed by atoms with Crippen molar-refractivity contribution in [2.45, 2.75) is 13.1 Å². The fourth-order valence-electron chi connectivity index (χ4n) is 3.92. The summed E-state index contributed by atoms with van der Waals surface area (Å²) in [4.78, 5) is 21.9. The monoisotopic (exact) mass is 567 g/mol. The maximum Gasteiger partial charge on any atom is 0.420 e. The van der Waals surface area contributed by atoms with Crippen LogP contribution in [0.1, 0.15) is 27.0 Å². The van der Waals surface area contributed by atoms with Gasteiger partial charge in [0.25, 0.3) is 5.91 Å². The van der Waals surface area contributed by atoms with Gasteiger partial charge in [0.1, 0.15) is 11.3 Å².